The summed E-state index contributed by atoms with van der Waals surface area (Å²) in [6.07, 6.45) is 4.54. The van der Waals surface area contributed by atoms with Crippen LogP contribution in [0.2, 0.25) is 0 Å². The summed E-state index contributed by atoms with van der Waals surface area (Å²) in [7, 11) is 4.38. The van der Waals surface area contributed by atoms with Crippen molar-refractivity contribution in [2.24, 2.45) is 5.73 Å². The largest absolute Gasteiger partial charge is 0.371 e. The predicted molar refractivity (Wildman–Crippen MR) is 92.1 cm³/mol. The number of rotatable bonds is 5. The number of benzene rings is 1. The molecule has 2 N–H and O–H groups in total. The fourth-order valence-corrected chi connectivity index (χ4v) is 3.27. The van der Waals surface area contributed by atoms with Gasteiger partial charge in [0.25, 0.3) is 0 Å². The van der Waals surface area contributed by atoms with Gasteiger partial charge >= 0.3 is 0 Å². The molecule has 1 aromatic rings. The van der Waals surface area contributed by atoms with Crippen LogP contribution in [0.3, 0.4) is 0 Å². The second-order valence-electron chi connectivity index (χ2n) is 6.68. The molecule has 0 spiro atoms. The summed E-state index contributed by atoms with van der Waals surface area (Å²) in [6.45, 7) is 6.71. The Morgan fingerprint density at radius 3 is 2.48 bits per heavy atom. The molecule has 1 heterocycles. The molecule has 1 atom stereocenters. The van der Waals surface area contributed by atoms with Crippen LogP contribution in [0, 0.1) is 6.92 Å². The van der Waals surface area contributed by atoms with E-state index in [1.807, 2.05) is 0 Å². The van der Waals surface area contributed by atoms with Gasteiger partial charge < -0.3 is 15.5 Å². The summed E-state index contributed by atoms with van der Waals surface area (Å²) in [5.74, 6) is 0. The maximum absolute atomic E-state index is 6.06. The lowest BCUT2D eigenvalue weighted by Crippen LogP contribution is -2.42. The van der Waals surface area contributed by atoms with Gasteiger partial charge in [-0.2, -0.15) is 0 Å². The Bertz CT molecular complexity index is 448. The summed E-state index contributed by atoms with van der Waals surface area (Å²) in [4.78, 5) is 4.90. The highest BCUT2D eigenvalue weighted by Crippen LogP contribution is 2.26. The summed E-state index contributed by atoms with van der Waals surface area (Å²) >= 11 is 0. The van der Waals surface area contributed by atoms with Gasteiger partial charge in [-0.1, -0.05) is 19.1 Å². The maximum Gasteiger partial charge on any atom is 0.0396 e. The first kappa shape index (κ1) is 16.3. The second kappa shape index (κ2) is 7.28. The number of hydrogen-bond acceptors (Lipinski definition) is 3. The van der Waals surface area contributed by atoms with Crippen molar-refractivity contribution >= 4 is 5.69 Å². The van der Waals surface area contributed by atoms with Crippen molar-refractivity contribution in [3.05, 3.63) is 29.3 Å². The van der Waals surface area contributed by atoms with Gasteiger partial charge in [-0.25, -0.2) is 0 Å². The van der Waals surface area contributed by atoms with E-state index in [1.54, 1.807) is 0 Å². The lowest BCUT2D eigenvalue weighted by molar-refractivity contribution is 0.249. The molecule has 21 heavy (non-hydrogen) atoms. The standard InChI is InChI=1S/C18H31N3/c1-5-16(19)13-15-6-7-18(14(2)12-15)21-10-8-17(9-11-21)20(3)4/h6-7,12,16-17H,5,8-11,13,19H2,1-4H3. The molecule has 1 saturated heterocycles. The first-order chi connectivity index (χ1) is 10.0. The molecular formula is C18H31N3. The van der Waals surface area contributed by atoms with Gasteiger partial charge in [0.1, 0.15) is 0 Å². The zero-order valence-corrected chi connectivity index (χ0v) is 14.1. The third-order valence-corrected chi connectivity index (χ3v) is 4.82. The summed E-state index contributed by atoms with van der Waals surface area (Å²) in [5.41, 5.74) is 10.2. The van der Waals surface area contributed by atoms with Crippen LogP contribution in [0.5, 0.6) is 0 Å². The lowest BCUT2D eigenvalue weighted by Gasteiger charge is -2.37. The Morgan fingerprint density at radius 2 is 1.95 bits per heavy atom. The normalized spacial score (nSPS) is 18.3. The molecule has 0 radical (unpaired) electrons. The van der Waals surface area contributed by atoms with Gasteiger partial charge in [0, 0.05) is 30.9 Å². The maximum atomic E-state index is 6.06. The van der Waals surface area contributed by atoms with Crippen molar-refractivity contribution in [2.75, 3.05) is 32.1 Å². The highest BCUT2D eigenvalue weighted by atomic mass is 15.2. The van der Waals surface area contributed by atoms with Crippen LogP contribution in [0.25, 0.3) is 0 Å². The van der Waals surface area contributed by atoms with Crippen LogP contribution < -0.4 is 10.6 Å². The van der Waals surface area contributed by atoms with Crippen molar-refractivity contribution in [3.63, 3.8) is 0 Å². The number of aryl methyl sites for hydroxylation is 1. The predicted octanol–water partition coefficient (Wildman–Crippen LogP) is 2.81. The third-order valence-electron chi connectivity index (χ3n) is 4.82. The van der Waals surface area contributed by atoms with Crippen molar-refractivity contribution in [1.82, 2.24) is 4.90 Å². The van der Waals surface area contributed by atoms with Gasteiger partial charge in [0.15, 0.2) is 0 Å². The molecule has 1 unspecified atom stereocenters. The van der Waals surface area contributed by atoms with Gasteiger partial charge in [-0.15, -0.1) is 0 Å². The molecule has 1 aliphatic heterocycles. The van der Waals surface area contributed by atoms with Gasteiger partial charge in [-0.05, 0) is 63.9 Å². The molecule has 1 aromatic carbocycles. The van der Waals surface area contributed by atoms with Gasteiger partial charge in [-0.3, -0.25) is 0 Å². The number of hydrogen-bond donors (Lipinski definition) is 1. The van der Waals surface area contributed by atoms with Crippen LogP contribution in [0.4, 0.5) is 5.69 Å². The molecule has 0 aromatic heterocycles. The lowest BCUT2D eigenvalue weighted by atomic mass is 9.99. The average molecular weight is 289 g/mol. The van der Waals surface area contributed by atoms with E-state index in [9.17, 15) is 0 Å². The molecule has 2 rings (SSSR count). The molecule has 0 saturated carbocycles. The molecule has 3 nitrogen and oxygen atoms in total. The third kappa shape index (κ3) is 4.21. The topological polar surface area (TPSA) is 32.5 Å². The van der Waals surface area contributed by atoms with Crippen LogP contribution >= 0.6 is 0 Å². The molecule has 0 amide bonds. The van der Waals surface area contributed by atoms with Gasteiger partial charge in [0.05, 0.1) is 0 Å². The van der Waals surface area contributed by atoms with Crippen LogP contribution in [0.1, 0.15) is 37.3 Å². The first-order valence-corrected chi connectivity index (χ1v) is 8.27. The molecule has 0 bridgehead atoms. The van der Waals surface area contributed by atoms with Gasteiger partial charge in [0.2, 0.25) is 0 Å². The Hall–Kier alpha value is -1.06. The molecule has 3 heteroatoms. The SMILES string of the molecule is CCC(N)Cc1ccc(N2CCC(N(C)C)CC2)c(C)c1. The number of nitrogens with zero attached hydrogens (tertiary/aromatic N) is 2. The Labute approximate surface area is 130 Å². The monoisotopic (exact) mass is 289 g/mol. The summed E-state index contributed by atoms with van der Waals surface area (Å²) in [5, 5.41) is 0. The Balaban J connectivity index is 2.01. The van der Waals surface area contributed by atoms with Crippen LogP contribution in [0.15, 0.2) is 18.2 Å². The zero-order chi connectivity index (χ0) is 15.4. The molecule has 1 aliphatic rings. The Kier molecular flexibility index (Phi) is 5.65. The van der Waals surface area contributed by atoms with E-state index in [1.165, 1.54) is 29.7 Å². The number of anilines is 1. The van der Waals surface area contributed by atoms with Crippen molar-refractivity contribution < 1.29 is 0 Å². The van der Waals surface area contributed by atoms with E-state index < -0.39 is 0 Å². The Morgan fingerprint density at radius 1 is 1.29 bits per heavy atom. The summed E-state index contributed by atoms with van der Waals surface area (Å²) < 4.78 is 0. The van der Waals surface area contributed by atoms with E-state index in [4.69, 9.17) is 5.73 Å². The second-order valence-corrected chi connectivity index (χ2v) is 6.68. The minimum absolute atomic E-state index is 0.283. The molecular weight excluding hydrogens is 258 g/mol. The quantitative estimate of drug-likeness (QED) is 0.904. The zero-order valence-electron chi connectivity index (χ0n) is 14.1. The van der Waals surface area contributed by atoms with E-state index in [0.29, 0.717) is 0 Å². The molecule has 1 fully saturated rings. The fraction of sp³-hybridized carbons (Fsp3) is 0.667. The van der Waals surface area contributed by atoms with Crippen LogP contribution in [-0.4, -0.2) is 44.2 Å². The average Bonchev–Trinajstić information content (AvgIpc) is 2.47. The van der Waals surface area contributed by atoms with E-state index in [0.717, 1.165) is 32.0 Å². The van der Waals surface area contributed by atoms with Crippen molar-refractivity contribution in [2.45, 2.75) is 51.6 Å². The minimum atomic E-state index is 0.283. The highest BCUT2D eigenvalue weighted by molar-refractivity contribution is 5.55. The fourth-order valence-electron chi connectivity index (χ4n) is 3.27. The van der Waals surface area contributed by atoms with E-state index in [-0.39, 0.29) is 6.04 Å². The molecule has 118 valence electrons. The first-order valence-electron chi connectivity index (χ1n) is 8.27. The van der Waals surface area contributed by atoms with Crippen molar-refractivity contribution in [1.29, 1.82) is 0 Å². The highest BCUT2D eigenvalue weighted by Gasteiger charge is 2.21. The van der Waals surface area contributed by atoms with Crippen molar-refractivity contribution in [3.8, 4) is 0 Å². The van der Waals surface area contributed by atoms with Crippen LogP contribution in [-0.2, 0) is 6.42 Å². The minimum Gasteiger partial charge on any atom is -0.371 e. The number of nitrogens with two attached hydrogens (primary N) is 1. The number of piperidine rings is 1. The molecule has 0 aliphatic carbocycles. The van der Waals surface area contributed by atoms with E-state index in [2.05, 4.69) is 55.9 Å². The summed E-state index contributed by atoms with van der Waals surface area (Å²) in [6, 6.07) is 7.90. The van der Waals surface area contributed by atoms with E-state index >= 15 is 0 Å². The smallest absolute Gasteiger partial charge is 0.0396 e.